The number of hydrogen-bond acceptors (Lipinski definition) is 3. The highest BCUT2D eigenvalue weighted by atomic mass is 32.1. The van der Waals surface area contributed by atoms with Gasteiger partial charge in [0.2, 0.25) is 0 Å². The van der Waals surface area contributed by atoms with Crippen molar-refractivity contribution >= 4 is 27.2 Å². The largest absolute Gasteiger partial charge is 0.307 e. The van der Waals surface area contributed by atoms with Crippen LogP contribution in [0.2, 0.25) is 0 Å². The van der Waals surface area contributed by atoms with E-state index in [2.05, 4.69) is 0 Å². The molecule has 20 heavy (non-hydrogen) atoms. The quantitative estimate of drug-likeness (QED) is 0.694. The number of benzene rings is 1. The average molecular weight is 287 g/mol. The van der Waals surface area contributed by atoms with Crippen molar-refractivity contribution in [3.05, 3.63) is 69.7 Å². The topological polar surface area (TPSA) is 39.1 Å². The van der Waals surface area contributed by atoms with E-state index in [0.29, 0.717) is 10.9 Å². The van der Waals surface area contributed by atoms with Crippen molar-refractivity contribution in [1.29, 1.82) is 0 Å². The number of halogens is 1. The molecule has 100 valence electrons. The van der Waals surface area contributed by atoms with E-state index in [1.807, 2.05) is 11.4 Å². The molecular formula is C15H10FNO2S. The minimum absolute atomic E-state index is 0.0454. The Labute approximate surface area is 117 Å². The van der Waals surface area contributed by atoms with E-state index in [-0.39, 0.29) is 17.9 Å². The van der Waals surface area contributed by atoms with Gasteiger partial charge in [0.25, 0.3) is 5.56 Å². The molecule has 0 aliphatic carbocycles. The van der Waals surface area contributed by atoms with Crippen LogP contribution in [-0.2, 0) is 6.54 Å². The molecule has 0 spiro atoms. The van der Waals surface area contributed by atoms with Crippen LogP contribution >= 0.6 is 11.3 Å². The number of fused-ring (bicyclic) bond motifs is 1. The van der Waals surface area contributed by atoms with Gasteiger partial charge in [-0.15, -0.1) is 11.3 Å². The Morgan fingerprint density at radius 1 is 1.15 bits per heavy atom. The third-order valence-electron chi connectivity index (χ3n) is 3.07. The summed E-state index contributed by atoms with van der Waals surface area (Å²) >= 11 is 1.49. The second-order valence-electron chi connectivity index (χ2n) is 4.38. The number of Topliss-reactive ketones (excluding diaryl/α,β-unsaturated/α-hetero) is 1. The summed E-state index contributed by atoms with van der Waals surface area (Å²) in [5.41, 5.74) is 0.211. The Balaban J connectivity index is 1.93. The molecule has 5 heteroatoms. The Morgan fingerprint density at radius 3 is 2.65 bits per heavy atom. The molecule has 0 amide bonds. The fourth-order valence-electron chi connectivity index (χ4n) is 2.01. The molecule has 0 aliphatic heterocycles. The lowest BCUT2D eigenvalue weighted by Gasteiger charge is -2.05. The van der Waals surface area contributed by atoms with Gasteiger partial charge >= 0.3 is 0 Å². The summed E-state index contributed by atoms with van der Waals surface area (Å²) in [6.45, 7) is -0.0454. The molecule has 3 aromatic rings. The summed E-state index contributed by atoms with van der Waals surface area (Å²) in [7, 11) is 0. The molecule has 0 N–H and O–H groups in total. The van der Waals surface area contributed by atoms with Crippen molar-refractivity contribution in [3.8, 4) is 0 Å². The van der Waals surface area contributed by atoms with Crippen molar-refractivity contribution in [3.63, 3.8) is 0 Å². The van der Waals surface area contributed by atoms with Gasteiger partial charge in [0.1, 0.15) is 5.82 Å². The second kappa shape index (κ2) is 5.02. The van der Waals surface area contributed by atoms with Crippen LogP contribution in [0, 0.1) is 5.82 Å². The number of rotatable bonds is 3. The SMILES string of the molecule is O=C(Cn1ccc2sccc2c1=O)c1ccc(F)cc1. The number of nitrogens with zero attached hydrogens (tertiary/aromatic N) is 1. The normalized spacial score (nSPS) is 10.8. The molecule has 0 unspecified atom stereocenters. The van der Waals surface area contributed by atoms with Gasteiger partial charge in [-0.25, -0.2) is 4.39 Å². The lowest BCUT2D eigenvalue weighted by molar-refractivity contribution is 0.0971. The molecule has 0 bridgehead atoms. The maximum Gasteiger partial charge on any atom is 0.259 e. The number of pyridine rings is 1. The number of carbonyl (C=O) groups excluding carboxylic acids is 1. The van der Waals surface area contributed by atoms with E-state index in [4.69, 9.17) is 0 Å². The van der Waals surface area contributed by atoms with Gasteiger partial charge in [0, 0.05) is 16.5 Å². The predicted molar refractivity (Wildman–Crippen MR) is 76.8 cm³/mol. The maximum atomic E-state index is 12.8. The highest BCUT2D eigenvalue weighted by molar-refractivity contribution is 7.17. The zero-order chi connectivity index (χ0) is 14.1. The summed E-state index contributed by atoms with van der Waals surface area (Å²) in [6.07, 6.45) is 1.61. The van der Waals surface area contributed by atoms with Crippen molar-refractivity contribution < 1.29 is 9.18 Å². The van der Waals surface area contributed by atoms with Crippen molar-refractivity contribution in [1.82, 2.24) is 4.57 Å². The molecule has 1 aromatic carbocycles. The maximum absolute atomic E-state index is 12.8. The number of ketones is 1. The summed E-state index contributed by atoms with van der Waals surface area (Å²) < 4.78 is 15.1. The molecule has 0 saturated heterocycles. The van der Waals surface area contributed by atoms with Crippen LogP contribution in [0.5, 0.6) is 0 Å². The van der Waals surface area contributed by atoms with E-state index in [0.717, 1.165) is 4.70 Å². The van der Waals surface area contributed by atoms with Crippen molar-refractivity contribution in [2.24, 2.45) is 0 Å². The molecule has 2 heterocycles. The van der Waals surface area contributed by atoms with Crippen LogP contribution in [0.15, 0.2) is 52.8 Å². The van der Waals surface area contributed by atoms with E-state index >= 15 is 0 Å². The molecular weight excluding hydrogens is 277 g/mol. The predicted octanol–water partition coefficient (Wildman–Crippen LogP) is 3.09. The number of hydrogen-bond donors (Lipinski definition) is 0. The van der Waals surface area contributed by atoms with Gasteiger partial charge in [-0.2, -0.15) is 0 Å². The van der Waals surface area contributed by atoms with Crippen molar-refractivity contribution in [2.75, 3.05) is 0 Å². The molecule has 2 aromatic heterocycles. The third-order valence-corrected chi connectivity index (χ3v) is 3.95. The Hall–Kier alpha value is -2.27. The zero-order valence-electron chi connectivity index (χ0n) is 10.4. The van der Waals surface area contributed by atoms with Crippen molar-refractivity contribution in [2.45, 2.75) is 6.54 Å². The van der Waals surface area contributed by atoms with Gasteiger partial charge in [-0.3, -0.25) is 9.59 Å². The van der Waals surface area contributed by atoms with E-state index < -0.39 is 5.82 Å². The summed E-state index contributed by atoms with van der Waals surface area (Å²) in [6, 6.07) is 8.88. The minimum Gasteiger partial charge on any atom is -0.307 e. The molecule has 3 nitrogen and oxygen atoms in total. The van der Waals surface area contributed by atoms with Gasteiger partial charge in [0.15, 0.2) is 5.78 Å². The van der Waals surface area contributed by atoms with Crippen LogP contribution in [0.1, 0.15) is 10.4 Å². The Bertz CT molecular complexity index is 833. The van der Waals surface area contributed by atoms with Crippen LogP contribution < -0.4 is 5.56 Å². The van der Waals surface area contributed by atoms with Crippen LogP contribution in [0.25, 0.3) is 10.1 Å². The first-order valence-corrected chi connectivity index (χ1v) is 6.88. The van der Waals surface area contributed by atoms with Crippen LogP contribution in [0.4, 0.5) is 4.39 Å². The average Bonchev–Trinajstić information content (AvgIpc) is 2.92. The van der Waals surface area contributed by atoms with Gasteiger partial charge < -0.3 is 4.57 Å². The smallest absolute Gasteiger partial charge is 0.259 e. The highest BCUT2D eigenvalue weighted by Crippen LogP contribution is 2.16. The molecule has 0 radical (unpaired) electrons. The summed E-state index contributed by atoms with van der Waals surface area (Å²) in [5, 5.41) is 2.46. The fourth-order valence-corrected chi connectivity index (χ4v) is 2.79. The Morgan fingerprint density at radius 2 is 1.90 bits per heavy atom. The van der Waals surface area contributed by atoms with E-state index in [1.165, 1.54) is 40.2 Å². The lowest BCUT2D eigenvalue weighted by atomic mass is 10.1. The molecule has 3 rings (SSSR count). The molecule has 0 fully saturated rings. The Kier molecular flexibility index (Phi) is 3.20. The van der Waals surface area contributed by atoms with Crippen LogP contribution in [0.3, 0.4) is 0 Å². The van der Waals surface area contributed by atoms with Crippen LogP contribution in [-0.4, -0.2) is 10.4 Å². The minimum atomic E-state index is -0.390. The third kappa shape index (κ3) is 2.28. The number of aromatic nitrogens is 1. The second-order valence-corrected chi connectivity index (χ2v) is 5.33. The monoisotopic (exact) mass is 287 g/mol. The standard InChI is InChI=1S/C15H10FNO2S/c16-11-3-1-10(2-4-11)13(18)9-17-7-5-14-12(15(17)19)6-8-20-14/h1-8H,9H2. The fraction of sp³-hybridized carbons (Fsp3) is 0.0667. The first kappa shape index (κ1) is 12.7. The van der Waals surface area contributed by atoms with Gasteiger partial charge in [-0.1, -0.05) is 0 Å². The zero-order valence-corrected chi connectivity index (χ0v) is 11.2. The van der Waals surface area contributed by atoms with E-state index in [1.54, 1.807) is 12.3 Å². The summed E-state index contributed by atoms with van der Waals surface area (Å²) in [4.78, 5) is 24.2. The van der Waals surface area contributed by atoms with Gasteiger partial charge in [0.05, 0.1) is 11.9 Å². The van der Waals surface area contributed by atoms with E-state index in [9.17, 15) is 14.0 Å². The molecule has 0 atom stereocenters. The first-order valence-electron chi connectivity index (χ1n) is 6.00. The molecule has 0 aliphatic rings. The first-order chi connectivity index (χ1) is 9.65. The van der Waals surface area contributed by atoms with Gasteiger partial charge in [-0.05, 0) is 41.8 Å². The number of carbonyl (C=O) groups is 1. The highest BCUT2D eigenvalue weighted by Gasteiger charge is 2.10. The summed E-state index contributed by atoms with van der Waals surface area (Å²) in [5.74, 6) is -0.611. The number of thiophene rings is 1. The lowest BCUT2D eigenvalue weighted by Crippen LogP contribution is -2.23. The molecule has 0 saturated carbocycles.